The summed E-state index contributed by atoms with van der Waals surface area (Å²) in [6, 6.07) is 16.4. The molecule has 0 saturated heterocycles. The fourth-order valence-corrected chi connectivity index (χ4v) is 4.25. The Kier molecular flexibility index (Phi) is 14.4. The molecule has 3 rings (SSSR count). The van der Waals surface area contributed by atoms with E-state index in [1.54, 1.807) is 0 Å². The Morgan fingerprint density at radius 2 is 1.14 bits per heavy atom. The maximum Gasteiger partial charge on any atom is 0.407 e. The van der Waals surface area contributed by atoms with E-state index in [9.17, 15) is 19.2 Å². The molecule has 42 heavy (non-hydrogen) atoms. The lowest BCUT2D eigenvalue weighted by Crippen LogP contribution is -2.29. The number of nitrogens with one attached hydrogen (secondary N) is 1. The van der Waals surface area contributed by atoms with Crippen molar-refractivity contribution in [3.8, 4) is 11.1 Å². The molecule has 0 bridgehead atoms. The summed E-state index contributed by atoms with van der Waals surface area (Å²) in [5.74, 6) is -3.23. The molecule has 1 aliphatic carbocycles. The molecule has 0 aliphatic heterocycles. The summed E-state index contributed by atoms with van der Waals surface area (Å²) in [5, 5.41) is 11.1. The van der Waals surface area contributed by atoms with Gasteiger partial charge in [0.2, 0.25) is 5.78 Å². The number of carbonyl (C=O) groups is 4. The van der Waals surface area contributed by atoms with E-state index in [0.29, 0.717) is 52.8 Å². The summed E-state index contributed by atoms with van der Waals surface area (Å²) in [4.78, 5) is 44.8. The molecule has 2 aromatic carbocycles. The van der Waals surface area contributed by atoms with Crippen LogP contribution in [0.25, 0.3) is 11.1 Å². The van der Waals surface area contributed by atoms with E-state index in [1.165, 1.54) is 22.3 Å². The molecule has 0 spiro atoms. The highest BCUT2D eigenvalue weighted by atomic mass is 16.6. The first-order chi connectivity index (χ1) is 20.5. The number of hydrogen-bond acceptors (Lipinski definition) is 10. The molecular formula is C30H37NO11. The van der Waals surface area contributed by atoms with E-state index < -0.39 is 30.2 Å². The van der Waals surface area contributed by atoms with Gasteiger partial charge in [0.25, 0.3) is 0 Å². The summed E-state index contributed by atoms with van der Waals surface area (Å²) >= 11 is 0. The van der Waals surface area contributed by atoms with Gasteiger partial charge in [0.15, 0.2) is 0 Å². The number of ketones is 1. The smallest absolute Gasteiger partial charge is 0.407 e. The van der Waals surface area contributed by atoms with Crippen LogP contribution in [-0.2, 0) is 42.8 Å². The molecule has 2 aromatic rings. The summed E-state index contributed by atoms with van der Waals surface area (Å²) in [6.07, 6.45) is -1.15. The number of carboxylic acid groups (broad SMARTS) is 1. The summed E-state index contributed by atoms with van der Waals surface area (Å²) in [5.41, 5.74) is 4.69. The quantitative estimate of drug-likeness (QED) is 0.126. The van der Waals surface area contributed by atoms with Gasteiger partial charge in [0.1, 0.15) is 13.2 Å². The first-order valence-corrected chi connectivity index (χ1v) is 13.8. The van der Waals surface area contributed by atoms with E-state index in [4.69, 9.17) is 33.5 Å². The van der Waals surface area contributed by atoms with Gasteiger partial charge < -0.3 is 38.8 Å². The van der Waals surface area contributed by atoms with Crippen molar-refractivity contribution >= 4 is 23.8 Å². The van der Waals surface area contributed by atoms with Crippen LogP contribution in [-0.4, -0.2) is 102 Å². The van der Waals surface area contributed by atoms with Gasteiger partial charge in [-0.05, 0) is 22.3 Å². The zero-order chi connectivity index (χ0) is 30.0. The molecule has 2 N–H and O–H groups in total. The van der Waals surface area contributed by atoms with Gasteiger partial charge in [0.05, 0.1) is 59.3 Å². The third-order valence-corrected chi connectivity index (χ3v) is 6.26. The Balaban J connectivity index is 1.08. The van der Waals surface area contributed by atoms with Gasteiger partial charge in [-0.15, -0.1) is 0 Å². The van der Waals surface area contributed by atoms with Crippen molar-refractivity contribution in [3.63, 3.8) is 0 Å². The van der Waals surface area contributed by atoms with Crippen molar-refractivity contribution in [3.05, 3.63) is 59.7 Å². The number of carbonyl (C=O) groups excluding carboxylic acids is 3. The Morgan fingerprint density at radius 1 is 0.643 bits per heavy atom. The molecule has 0 saturated carbocycles. The van der Waals surface area contributed by atoms with E-state index in [-0.39, 0.29) is 32.2 Å². The number of fused-ring (bicyclic) bond motifs is 3. The highest BCUT2D eigenvalue weighted by Gasteiger charge is 2.28. The Morgan fingerprint density at radius 3 is 1.69 bits per heavy atom. The van der Waals surface area contributed by atoms with Crippen LogP contribution in [0.15, 0.2) is 48.5 Å². The number of carboxylic acids is 1. The number of amides is 1. The third-order valence-electron chi connectivity index (χ3n) is 6.26. The van der Waals surface area contributed by atoms with Gasteiger partial charge in [-0.1, -0.05) is 48.5 Å². The number of rotatable bonds is 21. The molecule has 1 amide bonds. The van der Waals surface area contributed by atoms with Crippen LogP contribution >= 0.6 is 0 Å². The number of hydrogen-bond donors (Lipinski definition) is 2. The molecule has 0 heterocycles. The average Bonchev–Trinajstić information content (AvgIpc) is 3.32. The van der Waals surface area contributed by atoms with Crippen LogP contribution in [0.1, 0.15) is 29.9 Å². The van der Waals surface area contributed by atoms with E-state index in [2.05, 4.69) is 29.6 Å². The van der Waals surface area contributed by atoms with Crippen molar-refractivity contribution in [1.82, 2.24) is 5.32 Å². The van der Waals surface area contributed by atoms with Crippen LogP contribution in [0.2, 0.25) is 0 Å². The molecule has 0 fully saturated rings. The maximum atomic E-state index is 12.2. The maximum absolute atomic E-state index is 12.2. The molecule has 12 heteroatoms. The normalized spacial score (nSPS) is 11.9. The van der Waals surface area contributed by atoms with Gasteiger partial charge in [0, 0.05) is 18.9 Å². The van der Waals surface area contributed by atoms with Gasteiger partial charge in [-0.3, -0.25) is 9.59 Å². The molecule has 0 atom stereocenters. The number of aliphatic carboxylic acids is 1. The fourth-order valence-electron chi connectivity index (χ4n) is 4.25. The average molecular weight is 588 g/mol. The van der Waals surface area contributed by atoms with Crippen molar-refractivity contribution in [2.45, 2.75) is 18.8 Å². The molecule has 0 unspecified atom stereocenters. The Labute approximate surface area is 244 Å². The number of ether oxygens (including phenoxy) is 6. The minimum atomic E-state index is -1.57. The first kappa shape index (κ1) is 32.7. The van der Waals surface area contributed by atoms with Crippen molar-refractivity contribution in [2.24, 2.45) is 0 Å². The monoisotopic (exact) mass is 587 g/mol. The lowest BCUT2D eigenvalue weighted by molar-refractivity contribution is -0.151. The molecule has 228 valence electrons. The van der Waals surface area contributed by atoms with Crippen molar-refractivity contribution < 1.29 is 52.7 Å². The summed E-state index contributed by atoms with van der Waals surface area (Å²) in [7, 11) is 0. The van der Waals surface area contributed by atoms with E-state index >= 15 is 0 Å². The van der Waals surface area contributed by atoms with Crippen LogP contribution in [0.3, 0.4) is 0 Å². The van der Waals surface area contributed by atoms with Crippen molar-refractivity contribution in [2.75, 3.05) is 72.6 Å². The second kappa shape index (κ2) is 18.6. The standard InChI is InChI=1S/C30H37NO11/c32-27(29(34)35)9-10-28(33)41-20-19-40-18-17-39-16-15-38-14-13-37-12-11-31-30(36)42-21-26-24-7-3-1-5-22(24)23-6-2-4-8-25(23)26/h1-8,26H,9-21H2,(H,31,36)(H,34,35). The second-order valence-corrected chi connectivity index (χ2v) is 9.15. The van der Waals surface area contributed by atoms with E-state index in [1.807, 2.05) is 24.3 Å². The second-order valence-electron chi connectivity index (χ2n) is 9.15. The Hall–Kier alpha value is -3.84. The van der Waals surface area contributed by atoms with Crippen molar-refractivity contribution in [1.29, 1.82) is 0 Å². The molecular weight excluding hydrogens is 550 g/mol. The number of Topliss-reactive ketones (excluding diaryl/α,β-unsaturated/α-hetero) is 1. The van der Waals surface area contributed by atoms with Gasteiger partial charge in [-0.2, -0.15) is 0 Å². The lowest BCUT2D eigenvalue weighted by atomic mass is 9.98. The predicted octanol–water partition coefficient (Wildman–Crippen LogP) is 2.57. The SMILES string of the molecule is O=C(CCC(=O)C(=O)O)OCCOCCOCCOCCOCCNC(=O)OCC1c2ccccc2-c2ccccc21. The first-order valence-electron chi connectivity index (χ1n) is 13.8. The highest BCUT2D eigenvalue weighted by molar-refractivity contribution is 6.32. The third kappa shape index (κ3) is 11.2. The van der Waals surface area contributed by atoms with Crippen LogP contribution in [0, 0.1) is 0 Å². The molecule has 1 aliphatic rings. The zero-order valence-electron chi connectivity index (χ0n) is 23.4. The van der Waals surface area contributed by atoms with Gasteiger partial charge in [-0.25, -0.2) is 9.59 Å². The molecule has 0 aromatic heterocycles. The molecule has 0 radical (unpaired) electrons. The predicted molar refractivity (Wildman–Crippen MR) is 149 cm³/mol. The Bertz CT molecular complexity index is 1120. The number of benzene rings is 2. The minimum absolute atomic E-state index is 0.00438. The lowest BCUT2D eigenvalue weighted by Gasteiger charge is -2.14. The van der Waals surface area contributed by atoms with Crippen LogP contribution in [0.5, 0.6) is 0 Å². The summed E-state index contributed by atoms with van der Waals surface area (Å²) < 4.78 is 31.8. The number of esters is 1. The minimum Gasteiger partial charge on any atom is -0.476 e. The fraction of sp³-hybridized carbons (Fsp3) is 0.467. The van der Waals surface area contributed by atoms with Crippen LogP contribution < -0.4 is 5.32 Å². The number of alkyl carbamates (subject to hydrolysis) is 1. The largest absolute Gasteiger partial charge is 0.476 e. The van der Waals surface area contributed by atoms with Gasteiger partial charge >= 0.3 is 18.0 Å². The highest BCUT2D eigenvalue weighted by Crippen LogP contribution is 2.44. The summed E-state index contributed by atoms with van der Waals surface area (Å²) in [6.45, 7) is 3.23. The van der Waals surface area contributed by atoms with E-state index in [0.717, 1.165) is 0 Å². The zero-order valence-corrected chi connectivity index (χ0v) is 23.4. The molecule has 12 nitrogen and oxygen atoms in total. The van der Waals surface area contributed by atoms with Crippen LogP contribution in [0.4, 0.5) is 4.79 Å². The topological polar surface area (TPSA) is 156 Å².